The summed E-state index contributed by atoms with van der Waals surface area (Å²) in [6, 6.07) is 15.7. The van der Waals surface area contributed by atoms with Crippen LogP contribution >= 0.6 is 11.6 Å². The number of rotatable bonds is 14. The molecule has 0 spiro atoms. The molecule has 0 aromatic heterocycles. The quantitative estimate of drug-likeness (QED) is 0.235. The molecular formula is C33H42ClN3O6S. The maximum Gasteiger partial charge on any atom is 0.264 e. The number of halogens is 1. The number of benzene rings is 3. The topological polar surface area (TPSA) is 105 Å². The van der Waals surface area contributed by atoms with Crippen LogP contribution in [0.4, 0.5) is 5.69 Å². The zero-order valence-corrected chi connectivity index (χ0v) is 28.0. The van der Waals surface area contributed by atoms with Gasteiger partial charge in [0.05, 0.1) is 24.8 Å². The van der Waals surface area contributed by atoms with Crippen molar-refractivity contribution in [2.75, 3.05) is 25.1 Å². The van der Waals surface area contributed by atoms with Gasteiger partial charge in [-0.1, -0.05) is 49.7 Å². The van der Waals surface area contributed by atoms with E-state index in [9.17, 15) is 18.0 Å². The number of nitrogens with zero attached hydrogens (tertiary/aromatic N) is 2. The number of nitrogens with one attached hydrogen (secondary N) is 1. The van der Waals surface area contributed by atoms with Crippen LogP contribution in [0.5, 0.6) is 11.5 Å². The van der Waals surface area contributed by atoms with Crippen molar-refractivity contribution in [1.82, 2.24) is 10.2 Å². The Bertz CT molecular complexity index is 1560. The highest BCUT2D eigenvalue weighted by atomic mass is 35.5. The number of carbonyl (C=O) groups excluding carboxylic acids is 2. The van der Waals surface area contributed by atoms with Crippen LogP contribution in [0.1, 0.15) is 50.3 Å². The summed E-state index contributed by atoms with van der Waals surface area (Å²) in [4.78, 5) is 29.1. The predicted octanol–water partition coefficient (Wildman–Crippen LogP) is 5.89. The van der Waals surface area contributed by atoms with Crippen molar-refractivity contribution in [2.45, 2.75) is 71.0 Å². The fourth-order valence-corrected chi connectivity index (χ4v) is 6.51. The third kappa shape index (κ3) is 8.24. The van der Waals surface area contributed by atoms with Crippen LogP contribution in [-0.4, -0.2) is 58.0 Å². The zero-order valence-electron chi connectivity index (χ0n) is 26.4. The van der Waals surface area contributed by atoms with Gasteiger partial charge in [-0.15, -0.1) is 0 Å². The SMILES string of the molecule is CC[C@H](C)NC(=O)[C@H](CC)N(Cc1ccccc1Cl)C(=O)CN(c1cc(C)cc(C)c1)S(=O)(=O)c1ccc(OC)c(OC)c1. The number of ether oxygens (including phenoxy) is 2. The molecule has 1 N–H and O–H groups in total. The van der Waals surface area contributed by atoms with Crippen molar-refractivity contribution < 1.29 is 27.5 Å². The molecule has 0 saturated heterocycles. The van der Waals surface area contributed by atoms with Gasteiger partial charge in [-0.2, -0.15) is 0 Å². The van der Waals surface area contributed by atoms with Crippen LogP contribution in [0.25, 0.3) is 0 Å². The summed E-state index contributed by atoms with van der Waals surface area (Å²) < 4.78 is 40.4. The zero-order chi connectivity index (χ0) is 32.6. The Morgan fingerprint density at radius 2 is 1.55 bits per heavy atom. The summed E-state index contributed by atoms with van der Waals surface area (Å²) in [5.74, 6) is -0.278. The maximum absolute atomic E-state index is 14.3. The second-order valence-corrected chi connectivity index (χ2v) is 13.0. The molecular weight excluding hydrogens is 602 g/mol. The number of hydrogen-bond acceptors (Lipinski definition) is 6. The molecule has 0 fully saturated rings. The first-order valence-electron chi connectivity index (χ1n) is 14.5. The minimum atomic E-state index is -4.31. The van der Waals surface area contributed by atoms with Gasteiger partial charge in [-0.3, -0.25) is 13.9 Å². The standard InChI is InChI=1S/C33H42ClN3O6S/c1-8-24(5)35-33(39)29(9-2)36(20-25-12-10-11-13-28(25)34)32(38)21-37(26-17-22(3)16-23(4)18-26)44(40,41)27-14-15-30(42-6)31(19-27)43-7/h10-19,24,29H,8-9,20-21H2,1-7H3,(H,35,39)/t24-,29-/m0/s1. The molecule has 9 nitrogen and oxygen atoms in total. The highest BCUT2D eigenvalue weighted by Gasteiger charge is 2.34. The second kappa shape index (κ2) is 15.3. The number of hydrogen-bond donors (Lipinski definition) is 1. The summed E-state index contributed by atoms with van der Waals surface area (Å²) in [7, 11) is -1.43. The molecule has 0 aliphatic rings. The molecule has 3 aromatic rings. The van der Waals surface area contributed by atoms with Crippen LogP contribution in [0, 0.1) is 13.8 Å². The molecule has 3 rings (SSSR count). The molecule has 0 saturated carbocycles. The fraction of sp³-hybridized carbons (Fsp3) is 0.394. The van der Waals surface area contributed by atoms with Gasteiger partial charge in [0.25, 0.3) is 10.0 Å². The van der Waals surface area contributed by atoms with Crippen LogP contribution in [0.2, 0.25) is 5.02 Å². The molecule has 2 atom stereocenters. The lowest BCUT2D eigenvalue weighted by atomic mass is 10.1. The molecule has 0 unspecified atom stereocenters. The smallest absolute Gasteiger partial charge is 0.264 e. The summed E-state index contributed by atoms with van der Waals surface area (Å²) in [5.41, 5.74) is 2.61. The van der Waals surface area contributed by atoms with Crippen LogP contribution in [-0.2, 0) is 26.2 Å². The van der Waals surface area contributed by atoms with Crippen molar-refractivity contribution in [2.24, 2.45) is 0 Å². The van der Waals surface area contributed by atoms with E-state index in [0.29, 0.717) is 34.9 Å². The maximum atomic E-state index is 14.3. The third-order valence-corrected chi connectivity index (χ3v) is 9.54. The molecule has 2 amide bonds. The van der Waals surface area contributed by atoms with Gasteiger partial charge in [0, 0.05) is 23.7 Å². The van der Waals surface area contributed by atoms with E-state index in [-0.39, 0.29) is 29.1 Å². The van der Waals surface area contributed by atoms with Gasteiger partial charge in [0.2, 0.25) is 11.8 Å². The molecule has 3 aromatic carbocycles. The van der Waals surface area contributed by atoms with E-state index in [1.54, 1.807) is 36.4 Å². The lowest BCUT2D eigenvalue weighted by Crippen LogP contribution is -2.53. The van der Waals surface area contributed by atoms with E-state index in [2.05, 4.69) is 5.32 Å². The van der Waals surface area contributed by atoms with E-state index in [0.717, 1.165) is 15.4 Å². The summed E-state index contributed by atoms with van der Waals surface area (Å²) in [6.07, 6.45) is 1.02. The molecule has 0 aliphatic heterocycles. The molecule has 44 heavy (non-hydrogen) atoms. The normalized spacial score (nSPS) is 12.6. The van der Waals surface area contributed by atoms with Crippen molar-refractivity contribution in [3.05, 3.63) is 82.4 Å². The highest BCUT2D eigenvalue weighted by molar-refractivity contribution is 7.92. The van der Waals surface area contributed by atoms with Crippen LogP contribution in [0.15, 0.2) is 65.6 Å². The Labute approximate surface area is 266 Å². The lowest BCUT2D eigenvalue weighted by molar-refractivity contribution is -0.140. The van der Waals surface area contributed by atoms with E-state index in [4.69, 9.17) is 21.1 Å². The molecule has 11 heteroatoms. The Morgan fingerprint density at radius 1 is 0.909 bits per heavy atom. The van der Waals surface area contributed by atoms with Crippen LogP contribution < -0.4 is 19.1 Å². The first-order chi connectivity index (χ1) is 20.9. The van der Waals surface area contributed by atoms with Gasteiger partial charge in [0.1, 0.15) is 12.6 Å². The van der Waals surface area contributed by atoms with Gasteiger partial charge in [-0.25, -0.2) is 8.42 Å². The molecule has 238 valence electrons. The summed E-state index contributed by atoms with van der Waals surface area (Å²) in [5, 5.41) is 3.41. The first kappa shape index (κ1) is 34.7. The number of methoxy groups -OCH3 is 2. The van der Waals surface area contributed by atoms with Gasteiger partial charge in [0.15, 0.2) is 11.5 Å². The van der Waals surface area contributed by atoms with E-state index >= 15 is 0 Å². The monoisotopic (exact) mass is 643 g/mol. The van der Waals surface area contributed by atoms with E-state index in [1.807, 2.05) is 40.7 Å². The number of amides is 2. The molecule has 0 heterocycles. The largest absolute Gasteiger partial charge is 0.493 e. The average Bonchev–Trinajstić information content (AvgIpc) is 2.99. The Hall–Kier alpha value is -3.76. The molecule has 0 bridgehead atoms. The molecule has 0 aliphatic carbocycles. The minimum Gasteiger partial charge on any atom is -0.493 e. The third-order valence-electron chi connectivity index (χ3n) is 7.40. The number of anilines is 1. The van der Waals surface area contributed by atoms with Gasteiger partial charge < -0.3 is 19.7 Å². The molecule has 0 radical (unpaired) electrons. The van der Waals surface area contributed by atoms with Crippen molar-refractivity contribution >= 4 is 39.1 Å². The average molecular weight is 644 g/mol. The van der Waals surface area contributed by atoms with Crippen molar-refractivity contribution in [3.8, 4) is 11.5 Å². The summed E-state index contributed by atoms with van der Waals surface area (Å²) >= 11 is 6.48. The Balaban J connectivity index is 2.15. The second-order valence-electron chi connectivity index (χ2n) is 10.7. The first-order valence-corrected chi connectivity index (χ1v) is 16.3. The van der Waals surface area contributed by atoms with Crippen LogP contribution in [0.3, 0.4) is 0 Å². The number of aryl methyl sites for hydroxylation is 2. The van der Waals surface area contributed by atoms with E-state index in [1.165, 1.54) is 37.3 Å². The Kier molecular flexibility index (Phi) is 12.1. The lowest BCUT2D eigenvalue weighted by Gasteiger charge is -2.34. The number of carbonyl (C=O) groups is 2. The van der Waals surface area contributed by atoms with Crippen molar-refractivity contribution in [1.29, 1.82) is 0 Å². The van der Waals surface area contributed by atoms with Gasteiger partial charge in [-0.05, 0) is 80.6 Å². The summed E-state index contributed by atoms with van der Waals surface area (Å²) in [6.45, 7) is 8.84. The fourth-order valence-electron chi connectivity index (χ4n) is 4.90. The highest BCUT2D eigenvalue weighted by Crippen LogP contribution is 2.33. The minimum absolute atomic E-state index is 0.0159. The number of sulfonamides is 1. The predicted molar refractivity (Wildman–Crippen MR) is 174 cm³/mol. The van der Waals surface area contributed by atoms with Gasteiger partial charge >= 0.3 is 0 Å². The van der Waals surface area contributed by atoms with E-state index < -0.39 is 28.5 Å². The Morgan fingerprint density at radius 3 is 2.11 bits per heavy atom. The van der Waals surface area contributed by atoms with Crippen molar-refractivity contribution in [3.63, 3.8) is 0 Å².